The van der Waals surface area contributed by atoms with E-state index in [1.54, 1.807) is 11.3 Å². The smallest absolute Gasteiger partial charge is 0.228 e. The fraction of sp³-hybridized carbons (Fsp3) is 0.556. The van der Waals surface area contributed by atoms with Crippen LogP contribution in [0.15, 0.2) is 21.2 Å². The molecule has 4 rings (SSSR count). The van der Waals surface area contributed by atoms with Crippen molar-refractivity contribution >= 4 is 17.2 Å². The average molecular weight is 345 g/mol. The Morgan fingerprint density at radius 1 is 1.38 bits per heavy atom. The number of aryl methyl sites for hydroxylation is 1. The first-order valence-corrected chi connectivity index (χ1v) is 9.62. The molecule has 5 nitrogen and oxygen atoms in total. The minimum Gasteiger partial charge on any atom is -0.441 e. The number of carbonyl (C=O) groups is 1. The molecular formula is C18H23N3O2S. The van der Waals surface area contributed by atoms with E-state index in [4.69, 9.17) is 4.42 Å². The first-order valence-electron chi connectivity index (χ1n) is 8.68. The third-order valence-corrected chi connectivity index (χ3v) is 6.03. The molecule has 6 heteroatoms. The second-order valence-corrected chi connectivity index (χ2v) is 7.63. The fourth-order valence-electron chi connectivity index (χ4n) is 3.82. The normalized spacial score (nSPS) is 24.0. The summed E-state index contributed by atoms with van der Waals surface area (Å²) in [6.07, 6.45) is 2.57. The molecule has 2 aromatic heterocycles. The van der Waals surface area contributed by atoms with Crippen LogP contribution in [-0.4, -0.2) is 42.0 Å². The molecule has 0 saturated carbocycles. The van der Waals surface area contributed by atoms with Crippen LogP contribution in [0.5, 0.6) is 0 Å². The Kier molecular flexibility index (Phi) is 4.41. The highest BCUT2D eigenvalue weighted by Crippen LogP contribution is 2.28. The largest absolute Gasteiger partial charge is 0.441 e. The zero-order valence-corrected chi connectivity index (χ0v) is 14.8. The standard InChI is InChI=1S/C18H23N3O2S/c1-12-16(20-18(23-12)15-4-7-24-11-15)8-17(22)21-5-2-13-9-19-10-14(13)3-6-21/h4,7,11,13-14,19H,2-3,5-6,8-10H2,1H3/t13-,14+. The minimum atomic E-state index is 0.177. The van der Waals surface area contributed by atoms with Crippen molar-refractivity contribution in [1.82, 2.24) is 15.2 Å². The number of amides is 1. The number of nitrogens with one attached hydrogen (secondary N) is 1. The van der Waals surface area contributed by atoms with Crippen LogP contribution in [0.1, 0.15) is 24.3 Å². The number of hydrogen-bond acceptors (Lipinski definition) is 5. The van der Waals surface area contributed by atoms with Gasteiger partial charge in [-0.1, -0.05) is 0 Å². The van der Waals surface area contributed by atoms with Crippen LogP contribution in [0.25, 0.3) is 11.5 Å². The molecular weight excluding hydrogens is 322 g/mol. The Bertz CT molecular complexity index is 696. The molecule has 2 atom stereocenters. The van der Waals surface area contributed by atoms with Crippen molar-refractivity contribution < 1.29 is 9.21 Å². The number of likely N-dealkylation sites (tertiary alicyclic amines) is 1. The van der Waals surface area contributed by atoms with E-state index in [-0.39, 0.29) is 5.91 Å². The third kappa shape index (κ3) is 3.13. The minimum absolute atomic E-state index is 0.177. The van der Waals surface area contributed by atoms with E-state index in [1.165, 1.54) is 0 Å². The number of hydrogen-bond donors (Lipinski definition) is 1. The first kappa shape index (κ1) is 15.8. The van der Waals surface area contributed by atoms with Gasteiger partial charge in [-0.3, -0.25) is 4.79 Å². The maximum absolute atomic E-state index is 12.7. The molecule has 0 aromatic carbocycles. The number of rotatable bonds is 3. The molecule has 1 amide bonds. The van der Waals surface area contributed by atoms with Gasteiger partial charge in [0.05, 0.1) is 12.1 Å². The quantitative estimate of drug-likeness (QED) is 0.929. The predicted octanol–water partition coefficient (Wildman–Crippen LogP) is 2.71. The second-order valence-electron chi connectivity index (χ2n) is 6.85. The highest BCUT2D eigenvalue weighted by Gasteiger charge is 2.31. The summed E-state index contributed by atoms with van der Waals surface area (Å²) in [4.78, 5) is 19.3. The summed E-state index contributed by atoms with van der Waals surface area (Å²) < 4.78 is 5.75. The molecule has 4 heterocycles. The second kappa shape index (κ2) is 6.69. The molecule has 0 unspecified atom stereocenters. The number of fused-ring (bicyclic) bond motifs is 1. The van der Waals surface area contributed by atoms with Gasteiger partial charge in [0.1, 0.15) is 5.76 Å². The van der Waals surface area contributed by atoms with Gasteiger partial charge in [-0.05, 0) is 56.1 Å². The van der Waals surface area contributed by atoms with Crippen molar-refractivity contribution in [2.75, 3.05) is 26.2 Å². The lowest BCUT2D eigenvalue weighted by Crippen LogP contribution is -2.34. The van der Waals surface area contributed by atoms with Crippen LogP contribution in [0.3, 0.4) is 0 Å². The van der Waals surface area contributed by atoms with Gasteiger partial charge in [-0.2, -0.15) is 11.3 Å². The average Bonchev–Trinajstić information content (AvgIpc) is 3.28. The van der Waals surface area contributed by atoms with Gasteiger partial charge in [0.25, 0.3) is 0 Å². The summed E-state index contributed by atoms with van der Waals surface area (Å²) in [7, 11) is 0. The van der Waals surface area contributed by atoms with E-state index in [0.29, 0.717) is 12.3 Å². The number of aromatic nitrogens is 1. The topological polar surface area (TPSA) is 58.4 Å². The number of thiophene rings is 1. The molecule has 24 heavy (non-hydrogen) atoms. The van der Waals surface area contributed by atoms with Crippen molar-refractivity contribution in [1.29, 1.82) is 0 Å². The summed E-state index contributed by atoms with van der Waals surface area (Å²) in [6, 6.07) is 1.99. The van der Waals surface area contributed by atoms with Crippen molar-refractivity contribution in [3.05, 3.63) is 28.3 Å². The van der Waals surface area contributed by atoms with Crippen LogP contribution >= 0.6 is 11.3 Å². The predicted molar refractivity (Wildman–Crippen MR) is 93.9 cm³/mol. The lowest BCUT2D eigenvalue weighted by atomic mass is 9.92. The van der Waals surface area contributed by atoms with E-state index >= 15 is 0 Å². The van der Waals surface area contributed by atoms with Crippen LogP contribution in [0.4, 0.5) is 0 Å². The Morgan fingerprint density at radius 3 is 2.79 bits per heavy atom. The van der Waals surface area contributed by atoms with Crippen molar-refractivity contribution in [3.8, 4) is 11.5 Å². The number of oxazole rings is 1. The first-order chi connectivity index (χ1) is 11.7. The molecule has 0 bridgehead atoms. The molecule has 2 aromatic rings. The van der Waals surface area contributed by atoms with E-state index < -0.39 is 0 Å². The molecule has 2 fully saturated rings. The van der Waals surface area contributed by atoms with Crippen LogP contribution in [0.2, 0.25) is 0 Å². The maximum Gasteiger partial charge on any atom is 0.228 e. The zero-order valence-electron chi connectivity index (χ0n) is 14.0. The molecule has 128 valence electrons. The molecule has 2 aliphatic rings. The SMILES string of the molecule is Cc1oc(-c2ccsc2)nc1CC(=O)N1CC[C@@H]2CNC[C@@H]2CC1. The van der Waals surface area contributed by atoms with Gasteiger partial charge in [0.15, 0.2) is 0 Å². The summed E-state index contributed by atoms with van der Waals surface area (Å²) in [5.74, 6) is 3.02. The van der Waals surface area contributed by atoms with Crippen molar-refractivity contribution in [2.24, 2.45) is 11.8 Å². The van der Waals surface area contributed by atoms with Crippen LogP contribution in [0, 0.1) is 18.8 Å². The van der Waals surface area contributed by atoms with Crippen molar-refractivity contribution in [2.45, 2.75) is 26.2 Å². The molecule has 0 spiro atoms. The molecule has 2 aliphatic heterocycles. The molecule has 0 aliphatic carbocycles. The van der Waals surface area contributed by atoms with Crippen LogP contribution < -0.4 is 5.32 Å². The summed E-state index contributed by atoms with van der Waals surface area (Å²) in [5, 5.41) is 7.49. The van der Waals surface area contributed by atoms with Gasteiger partial charge >= 0.3 is 0 Å². The monoisotopic (exact) mass is 345 g/mol. The third-order valence-electron chi connectivity index (χ3n) is 5.35. The highest BCUT2D eigenvalue weighted by molar-refractivity contribution is 7.08. The fourth-order valence-corrected chi connectivity index (χ4v) is 4.45. The van der Waals surface area contributed by atoms with Crippen molar-refractivity contribution in [3.63, 3.8) is 0 Å². The Hall–Kier alpha value is -1.66. The van der Waals surface area contributed by atoms with Gasteiger partial charge < -0.3 is 14.6 Å². The Labute approximate surface area is 146 Å². The van der Waals surface area contributed by atoms with Gasteiger partial charge in [-0.25, -0.2) is 4.98 Å². The maximum atomic E-state index is 12.7. The molecule has 2 saturated heterocycles. The number of carbonyl (C=O) groups excluding carboxylic acids is 1. The summed E-state index contributed by atoms with van der Waals surface area (Å²) in [5.41, 5.74) is 1.75. The zero-order chi connectivity index (χ0) is 16.5. The summed E-state index contributed by atoms with van der Waals surface area (Å²) >= 11 is 1.62. The van der Waals surface area contributed by atoms with Gasteiger partial charge in [-0.15, -0.1) is 0 Å². The van der Waals surface area contributed by atoms with E-state index in [2.05, 4.69) is 10.3 Å². The van der Waals surface area contributed by atoms with E-state index in [0.717, 1.165) is 67.9 Å². The lowest BCUT2D eigenvalue weighted by Gasteiger charge is -2.20. The Morgan fingerprint density at radius 2 is 2.12 bits per heavy atom. The van der Waals surface area contributed by atoms with E-state index in [1.807, 2.05) is 28.7 Å². The lowest BCUT2D eigenvalue weighted by molar-refractivity contribution is -0.130. The summed E-state index contributed by atoms with van der Waals surface area (Å²) in [6.45, 7) is 5.86. The van der Waals surface area contributed by atoms with Gasteiger partial charge in [0, 0.05) is 24.0 Å². The highest BCUT2D eigenvalue weighted by atomic mass is 32.1. The number of nitrogens with zero attached hydrogens (tertiary/aromatic N) is 2. The van der Waals surface area contributed by atoms with Gasteiger partial charge in [0.2, 0.25) is 11.8 Å². The molecule has 1 N–H and O–H groups in total. The molecule has 0 radical (unpaired) electrons. The van der Waals surface area contributed by atoms with E-state index in [9.17, 15) is 4.79 Å². The Balaban J connectivity index is 1.42. The van der Waals surface area contributed by atoms with Crippen LogP contribution in [-0.2, 0) is 11.2 Å².